The van der Waals surface area contributed by atoms with E-state index < -0.39 is 0 Å². The monoisotopic (exact) mass is 185 g/mol. The van der Waals surface area contributed by atoms with Gasteiger partial charge in [0.2, 0.25) is 0 Å². The summed E-state index contributed by atoms with van der Waals surface area (Å²) in [6.45, 7) is 7.47. The van der Waals surface area contributed by atoms with Crippen molar-refractivity contribution in [2.24, 2.45) is 5.41 Å². The van der Waals surface area contributed by atoms with Crippen molar-refractivity contribution in [1.82, 2.24) is 5.32 Å². The number of nitrogens with one attached hydrogen (secondary N) is 1. The molecule has 0 amide bonds. The van der Waals surface area contributed by atoms with E-state index in [1.165, 1.54) is 19.3 Å². The van der Waals surface area contributed by atoms with Gasteiger partial charge < -0.3 is 10.4 Å². The van der Waals surface area contributed by atoms with Crippen LogP contribution in [0.5, 0.6) is 0 Å². The summed E-state index contributed by atoms with van der Waals surface area (Å²) in [6, 6.07) is 0.659. The molecule has 2 nitrogen and oxygen atoms in total. The third kappa shape index (κ3) is 3.28. The fraction of sp³-hybridized carbons (Fsp3) is 1.00. The third-order valence-electron chi connectivity index (χ3n) is 3.21. The van der Waals surface area contributed by atoms with Gasteiger partial charge in [0.05, 0.1) is 6.10 Å². The van der Waals surface area contributed by atoms with Crippen LogP contribution in [0.1, 0.15) is 46.5 Å². The van der Waals surface area contributed by atoms with Crippen LogP contribution in [0, 0.1) is 5.41 Å². The summed E-state index contributed by atoms with van der Waals surface area (Å²) in [5, 5.41) is 12.7. The Bertz CT molecular complexity index is 154. The van der Waals surface area contributed by atoms with E-state index in [2.05, 4.69) is 19.2 Å². The Morgan fingerprint density at radius 1 is 1.54 bits per heavy atom. The molecule has 1 rings (SSSR count). The van der Waals surface area contributed by atoms with Gasteiger partial charge >= 0.3 is 0 Å². The lowest BCUT2D eigenvalue weighted by Crippen LogP contribution is -2.38. The quantitative estimate of drug-likeness (QED) is 0.701. The van der Waals surface area contributed by atoms with Crippen molar-refractivity contribution in [2.75, 3.05) is 6.54 Å². The van der Waals surface area contributed by atoms with E-state index in [0.717, 1.165) is 13.0 Å². The lowest BCUT2D eigenvalue weighted by atomic mass is 9.87. The van der Waals surface area contributed by atoms with Crippen LogP contribution in [-0.2, 0) is 0 Å². The highest BCUT2D eigenvalue weighted by molar-refractivity contribution is 4.89. The molecule has 0 aromatic carbocycles. The molecule has 1 aliphatic rings. The van der Waals surface area contributed by atoms with Gasteiger partial charge in [-0.25, -0.2) is 0 Å². The molecule has 2 heteroatoms. The molecule has 2 atom stereocenters. The standard InChI is InChI=1S/C11H23NO/c1-9(13)6-8-12-10-5-4-7-11(10,2)3/h9-10,12-13H,4-8H2,1-3H3. The lowest BCUT2D eigenvalue weighted by molar-refractivity contribution is 0.177. The second-order valence-electron chi connectivity index (χ2n) is 5.03. The van der Waals surface area contributed by atoms with Gasteiger partial charge in [0.15, 0.2) is 0 Å². The van der Waals surface area contributed by atoms with E-state index in [0.29, 0.717) is 11.5 Å². The highest BCUT2D eigenvalue weighted by atomic mass is 16.3. The summed E-state index contributed by atoms with van der Waals surface area (Å²) in [6.07, 6.45) is 4.68. The predicted molar refractivity (Wildman–Crippen MR) is 55.7 cm³/mol. The molecular weight excluding hydrogens is 162 g/mol. The summed E-state index contributed by atoms with van der Waals surface area (Å²) in [7, 11) is 0. The molecule has 2 unspecified atom stereocenters. The van der Waals surface area contributed by atoms with Crippen molar-refractivity contribution in [3.8, 4) is 0 Å². The van der Waals surface area contributed by atoms with Crippen LogP contribution in [0.4, 0.5) is 0 Å². The van der Waals surface area contributed by atoms with E-state index in [1.54, 1.807) is 0 Å². The minimum absolute atomic E-state index is 0.169. The fourth-order valence-electron chi connectivity index (χ4n) is 2.17. The molecule has 1 saturated carbocycles. The van der Waals surface area contributed by atoms with Crippen LogP contribution >= 0.6 is 0 Å². The molecule has 1 aliphatic carbocycles. The predicted octanol–water partition coefficient (Wildman–Crippen LogP) is 1.93. The normalized spacial score (nSPS) is 29.1. The van der Waals surface area contributed by atoms with Crippen LogP contribution < -0.4 is 5.32 Å². The van der Waals surface area contributed by atoms with E-state index >= 15 is 0 Å². The first-order valence-electron chi connectivity index (χ1n) is 5.44. The van der Waals surface area contributed by atoms with Crippen molar-refractivity contribution in [3.05, 3.63) is 0 Å². The highest BCUT2D eigenvalue weighted by Gasteiger charge is 2.33. The maximum Gasteiger partial charge on any atom is 0.0524 e. The largest absolute Gasteiger partial charge is 0.393 e. The molecule has 0 saturated heterocycles. The fourth-order valence-corrected chi connectivity index (χ4v) is 2.17. The van der Waals surface area contributed by atoms with Gasteiger partial charge in [-0.3, -0.25) is 0 Å². The van der Waals surface area contributed by atoms with Gasteiger partial charge in [0.1, 0.15) is 0 Å². The third-order valence-corrected chi connectivity index (χ3v) is 3.21. The molecule has 0 spiro atoms. The van der Waals surface area contributed by atoms with Crippen molar-refractivity contribution in [2.45, 2.75) is 58.6 Å². The minimum Gasteiger partial charge on any atom is -0.393 e. The summed E-state index contributed by atoms with van der Waals surface area (Å²) in [4.78, 5) is 0. The van der Waals surface area contributed by atoms with Gasteiger partial charge in [0.25, 0.3) is 0 Å². The van der Waals surface area contributed by atoms with Crippen molar-refractivity contribution >= 4 is 0 Å². The Balaban J connectivity index is 2.21. The highest BCUT2D eigenvalue weighted by Crippen LogP contribution is 2.36. The minimum atomic E-state index is -0.169. The van der Waals surface area contributed by atoms with Crippen molar-refractivity contribution < 1.29 is 5.11 Å². The summed E-state index contributed by atoms with van der Waals surface area (Å²) >= 11 is 0. The average Bonchev–Trinajstić information content (AvgIpc) is 2.30. The first-order chi connectivity index (χ1) is 6.02. The van der Waals surface area contributed by atoms with Crippen LogP contribution in [0.15, 0.2) is 0 Å². The Labute approximate surface area is 81.7 Å². The number of aliphatic hydroxyl groups is 1. The molecule has 2 N–H and O–H groups in total. The molecule has 1 fully saturated rings. The van der Waals surface area contributed by atoms with Crippen LogP contribution in [-0.4, -0.2) is 23.8 Å². The topological polar surface area (TPSA) is 32.3 Å². The van der Waals surface area contributed by atoms with Crippen molar-refractivity contribution in [3.63, 3.8) is 0 Å². The SMILES string of the molecule is CC(O)CCNC1CCCC1(C)C. The second kappa shape index (κ2) is 4.43. The molecule has 0 heterocycles. The van der Waals surface area contributed by atoms with Crippen molar-refractivity contribution in [1.29, 1.82) is 0 Å². The maximum atomic E-state index is 9.12. The van der Waals surface area contributed by atoms with Gasteiger partial charge in [-0.05, 0) is 38.1 Å². The Kier molecular flexibility index (Phi) is 3.74. The Hall–Kier alpha value is -0.0800. The smallest absolute Gasteiger partial charge is 0.0524 e. The zero-order valence-electron chi connectivity index (χ0n) is 9.14. The molecule has 0 bridgehead atoms. The molecule has 0 aromatic rings. The number of rotatable bonds is 4. The molecule has 0 aliphatic heterocycles. The van der Waals surface area contributed by atoms with E-state index in [9.17, 15) is 0 Å². The molecular formula is C11H23NO. The van der Waals surface area contributed by atoms with Gasteiger partial charge in [-0.2, -0.15) is 0 Å². The lowest BCUT2D eigenvalue weighted by Gasteiger charge is -2.28. The van der Waals surface area contributed by atoms with Gasteiger partial charge in [-0.15, -0.1) is 0 Å². The first-order valence-corrected chi connectivity index (χ1v) is 5.44. The van der Waals surface area contributed by atoms with E-state index in [1.807, 2.05) is 6.92 Å². The molecule has 0 aromatic heterocycles. The zero-order chi connectivity index (χ0) is 9.90. The first kappa shape index (κ1) is 11.0. The Morgan fingerprint density at radius 2 is 2.23 bits per heavy atom. The molecule has 13 heavy (non-hydrogen) atoms. The molecule has 78 valence electrons. The summed E-state index contributed by atoms with van der Waals surface area (Å²) in [5.41, 5.74) is 0.457. The van der Waals surface area contributed by atoms with Crippen LogP contribution in [0.2, 0.25) is 0 Å². The van der Waals surface area contributed by atoms with Gasteiger partial charge in [-0.1, -0.05) is 20.3 Å². The molecule has 0 radical (unpaired) electrons. The summed E-state index contributed by atoms with van der Waals surface area (Å²) in [5.74, 6) is 0. The number of hydrogen-bond donors (Lipinski definition) is 2. The Morgan fingerprint density at radius 3 is 2.69 bits per heavy atom. The van der Waals surface area contributed by atoms with E-state index in [4.69, 9.17) is 5.11 Å². The van der Waals surface area contributed by atoms with Crippen LogP contribution in [0.25, 0.3) is 0 Å². The average molecular weight is 185 g/mol. The maximum absolute atomic E-state index is 9.12. The zero-order valence-corrected chi connectivity index (χ0v) is 9.14. The number of hydrogen-bond acceptors (Lipinski definition) is 2. The van der Waals surface area contributed by atoms with E-state index in [-0.39, 0.29) is 6.10 Å². The number of aliphatic hydroxyl groups excluding tert-OH is 1. The summed E-state index contributed by atoms with van der Waals surface area (Å²) < 4.78 is 0. The van der Waals surface area contributed by atoms with Gasteiger partial charge in [0, 0.05) is 6.04 Å². The second-order valence-corrected chi connectivity index (χ2v) is 5.03. The van der Waals surface area contributed by atoms with Crippen LogP contribution in [0.3, 0.4) is 0 Å².